The van der Waals surface area contributed by atoms with Crippen LogP contribution in [0.5, 0.6) is 0 Å². The zero-order valence-electron chi connectivity index (χ0n) is 14.9. The molecule has 0 saturated carbocycles. The van der Waals surface area contributed by atoms with E-state index in [9.17, 15) is 9.59 Å². The predicted molar refractivity (Wildman–Crippen MR) is 101 cm³/mol. The van der Waals surface area contributed by atoms with Crippen molar-refractivity contribution in [2.75, 3.05) is 13.1 Å². The van der Waals surface area contributed by atoms with Gasteiger partial charge in [-0.1, -0.05) is 48.5 Å². The Labute approximate surface area is 149 Å². The lowest BCUT2D eigenvalue weighted by atomic mass is 9.83. The molecule has 0 fully saturated rings. The smallest absolute Gasteiger partial charge is 0.131 e. The topological polar surface area (TPSA) is 86.2 Å². The summed E-state index contributed by atoms with van der Waals surface area (Å²) in [6, 6.07) is 15.9. The molecule has 0 bridgehead atoms. The number of rotatable bonds is 8. The minimum absolute atomic E-state index is 0.286. The third kappa shape index (κ3) is 4.03. The summed E-state index contributed by atoms with van der Waals surface area (Å²) in [5.41, 5.74) is 14.3. The second kappa shape index (κ2) is 7.72. The van der Waals surface area contributed by atoms with Crippen LogP contribution < -0.4 is 11.5 Å². The number of hydrogen-bond acceptors (Lipinski definition) is 4. The van der Waals surface area contributed by atoms with Crippen molar-refractivity contribution in [3.8, 4) is 0 Å². The third-order valence-corrected chi connectivity index (χ3v) is 5.00. The molecule has 25 heavy (non-hydrogen) atoms. The van der Waals surface area contributed by atoms with Crippen LogP contribution in [0.1, 0.15) is 36.1 Å². The van der Waals surface area contributed by atoms with E-state index in [-0.39, 0.29) is 13.1 Å². The van der Waals surface area contributed by atoms with E-state index in [0.29, 0.717) is 0 Å². The maximum Gasteiger partial charge on any atom is 0.131 e. The second-order valence-electron chi connectivity index (χ2n) is 7.05. The van der Waals surface area contributed by atoms with Crippen molar-refractivity contribution >= 4 is 12.6 Å². The van der Waals surface area contributed by atoms with E-state index in [0.717, 1.165) is 41.2 Å². The van der Waals surface area contributed by atoms with Gasteiger partial charge in [-0.15, -0.1) is 0 Å². The van der Waals surface area contributed by atoms with Gasteiger partial charge in [0.2, 0.25) is 0 Å². The molecule has 2 rings (SSSR count). The van der Waals surface area contributed by atoms with Gasteiger partial charge in [0.05, 0.1) is 10.8 Å². The van der Waals surface area contributed by atoms with Crippen molar-refractivity contribution in [1.29, 1.82) is 0 Å². The van der Waals surface area contributed by atoms with E-state index in [4.69, 9.17) is 11.5 Å². The molecule has 132 valence electrons. The Morgan fingerprint density at radius 2 is 1.04 bits per heavy atom. The molecular formula is C21H26N2O2. The third-order valence-electron chi connectivity index (χ3n) is 5.00. The summed E-state index contributed by atoms with van der Waals surface area (Å²) in [6.45, 7) is 4.26. The van der Waals surface area contributed by atoms with Gasteiger partial charge in [0, 0.05) is 13.1 Å². The van der Waals surface area contributed by atoms with Crippen molar-refractivity contribution in [3.63, 3.8) is 0 Å². The molecule has 0 aliphatic rings. The van der Waals surface area contributed by atoms with Crippen LogP contribution in [-0.4, -0.2) is 25.7 Å². The normalized spacial score (nSPS) is 15.8. The molecule has 2 aromatic rings. The van der Waals surface area contributed by atoms with Gasteiger partial charge in [0.1, 0.15) is 12.6 Å². The maximum absolute atomic E-state index is 11.3. The average molecular weight is 338 g/mol. The summed E-state index contributed by atoms with van der Waals surface area (Å²) in [4.78, 5) is 22.6. The van der Waals surface area contributed by atoms with Crippen LogP contribution in [0.4, 0.5) is 0 Å². The summed E-state index contributed by atoms with van der Waals surface area (Å²) in [5.74, 6) is 0. The Bertz CT molecular complexity index is 661. The van der Waals surface area contributed by atoms with E-state index in [2.05, 4.69) is 0 Å². The van der Waals surface area contributed by atoms with Crippen LogP contribution in [0.15, 0.2) is 48.5 Å². The zero-order chi connectivity index (χ0) is 18.5. The van der Waals surface area contributed by atoms with Crippen LogP contribution in [0, 0.1) is 0 Å². The van der Waals surface area contributed by atoms with Gasteiger partial charge in [0.25, 0.3) is 0 Å². The Morgan fingerprint density at radius 3 is 1.28 bits per heavy atom. The molecule has 2 aromatic carbocycles. The fourth-order valence-corrected chi connectivity index (χ4v) is 2.71. The minimum Gasteiger partial charge on any atom is -0.329 e. The molecule has 2 unspecified atom stereocenters. The van der Waals surface area contributed by atoms with Crippen LogP contribution in [-0.2, 0) is 26.8 Å². The monoisotopic (exact) mass is 338 g/mol. The highest BCUT2D eigenvalue weighted by Crippen LogP contribution is 2.23. The summed E-state index contributed by atoms with van der Waals surface area (Å²) in [5, 5.41) is 0. The van der Waals surface area contributed by atoms with E-state index in [1.54, 1.807) is 0 Å². The predicted octanol–water partition coefficient (Wildman–Crippen LogP) is 2.11. The van der Waals surface area contributed by atoms with Gasteiger partial charge in [-0.3, -0.25) is 0 Å². The second-order valence-corrected chi connectivity index (χ2v) is 7.05. The van der Waals surface area contributed by atoms with Crippen molar-refractivity contribution in [3.05, 3.63) is 70.8 Å². The number of carbonyl (C=O) groups excluding carboxylic acids is 2. The van der Waals surface area contributed by atoms with Gasteiger partial charge >= 0.3 is 0 Å². The maximum atomic E-state index is 11.3. The average Bonchev–Trinajstić information content (AvgIpc) is 2.68. The molecular weight excluding hydrogens is 312 g/mol. The van der Waals surface area contributed by atoms with Crippen molar-refractivity contribution in [1.82, 2.24) is 0 Å². The highest BCUT2D eigenvalue weighted by atomic mass is 16.1. The van der Waals surface area contributed by atoms with Gasteiger partial charge in [-0.25, -0.2) is 0 Å². The quantitative estimate of drug-likeness (QED) is 0.722. The number of benzene rings is 2. The Balaban J connectivity index is 2.15. The van der Waals surface area contributed by atoms with Gasteiger partial charge < -0.3 is 21.1 Å². The lowest BCUT2D eigenvalue weighted by molar-refractivity contribution is -0.112. The van der Waals surface area contributed by atoms with E-state index in [1.807, 2.05) is 62.4 Å². The number of hydrogen-bond donors (Lipinski definition) is 2. The largest absolute Gasteiger partial charge is 0.329 e. The first-order chi connectivity index (χ1) is 11.9. The first-order valence-corrected chi connectivity index (χ1v) is 8.42. The van der Waals surface area contributed by atoms with Crippen LogP contribution in [0.25, 0.3) is 0 Å². The molecule has 2 atom stereocenters. The summed E-state index contributed by atoms with van der Waals surface area (Å²) in [7, 11) is 0. The minimum atomic E-state index is -0.637. The lowest BCUT2D eigenvalue weighted by Crippen LogP contribution is -2.33. The summed E-state index contributed by atoms with van der Waals surface area (Å²) < 4.78 is 0. The van der Waals surface area contributed by atoms with Crippen LogP contribution in [0.3, 0.4) is 0 Å². The van der Waals surface area contributed by atoms with Crippen LogP contribution >= 0.6 is 0 Å². The number of aldehydes is 2. The summed E-state index contributed by atoms with van der Waals surface area (Å²) in [6.07, 6.45) is 2.59. The Morgan fingerprint density at radius 1 is 0.720 bits per heavy atom. The molecule has 0 saturated heterocycles. The fraction of sp³-hybridized carbons (Fsp3) is 0.333. The Kier molecular flexibility index (Phi) is 5.88. The lowest BCUT2D eigenvalue weighted by Gasteiger charge is -2.22. The van der Waals surface area contributed by atoms with Gasteiger partial charge in [-0.2, -0.15) is 0 Å². The first kappa shape index (κ1) is 19.0. The van der Waals surface area contributed by atoms with E-state index in [1.165, 1.54) is 0 Å². The fourth-order valence-electron chi connectivity index (χ4n) is 2.71. The SMILES string of the molecule is CC(C=O)(CN)c1ccc(Cc2ccc(C(C)(C=O)CN)cc2)cc1. The van der Waals surface area contributed by atoms with Gasteiger partial charge in [-0.05, 0) is 42.5 Å². The summed E-state index contributed by atoms with van der Waals surface area (Å²) >= 11 is 0. The van der Waals surface area contributed by atoms with Crippen molar-refractivity contribution in [2.24, 2.45) is 11.5 Å². The molecule has 0 radical (unpaired) electrons. The molecule has 0 aromatic heterocycles. The van der Waals surface area contributed by atoms with Crippen molar-refractivity contribution < 1.29 is 9.59 Å². The van der Waals surface area contributed by atoms with E-state index >= 15 is 0 Å². The van der Waals surface area contributed by atoms with Gasteiger partial charge in [0.15, 0.2) is 0 Å². The van der Waals surface area contributed by atoms with Crippen molar-refractivity contribution in [2.45, 2.75) is 31.1 Å². The molecule has 0 aliphatic heterocycles. The molecule has 4 nitrogen and oxygen atoms in total. The molecule has 4 heteroatoms. The molecule has 0 aliphatic carbocycles. The first-order valence-electron chi connectivity index (χ1n) is 8.42. The molecule has 4 N–H and O–H groups in total. The highest BCUT2D eigenvalue weighted by Gasteiger charge is 2.25. The number of nitrogens with two attached hydrogens (primary N) is 2. The Hall–Kier alpha value is -2.30. The molecule has 0 spiro atoms. The molecule has 0 amide bonds. The van der Waals surface area contributed by atoms with E-state index < -0.39 is 10.8 Å². The molecule has 0 heterocycles. The highest BCUT2D eigenvalue weighted by molar-refractivity contribution is 5.69. The zero-order valence-corrected chi connectivity index (χ0v) is 14.9. The standard InChI is InChI=1S/C21H26N2O2/c1-20(12-22,14-24)18-7-3-16(4-8-18)11-17-5-9-19(10-6-17)21(2,13-23)15-25/h3-10,14-15H,11-13,22-23H2,1-2H3. The van der Waals surface area contributed by atoms with Crippen LogP contribution in [0.2, 0.25) is 0 Å². The number of carbonyl (C=O) groups is 2.